The van der Waals surface area contributed by atoms with E-state index in [1.165, 1.54) is 10.8 Å². The number of benzene rings is 1. The highest BCUT2D eigenvalue weighted by molar-refractivity contribution is 5.27. The van der Waals surface area contributed by atoms with Gasteiger partial charge in [-0.3, -0.25) is 13.9 Å². The molecule has 2 aromatic rings. The molecule has 0 aliphatic heterocycles. The molecule has 0 amide bonds. The first-order valence-corrected chi connectivity index (χ1v) is 8.46. The molecule has 3 rings (SSSR count). The van der Waals surface area contributed by atoms with Crippen molar-refractivity contribution in [3.05, 3.63) is 68.0 Å². The lowest BCUT2D eigenvalue weighted by Gasteiger charge is -2.15. The van der Waals surface area contributed by atoms with E-state index in [-0.39, 0.29) is 18.2 Å². The van der Waals surface area contributed by atoms with Crippen LogP contribution >= 0.6 is 0 Å². The molecule has 0 bridgehead atoms. The van der Waals surface area contributed by atoms with Crippen molar-refractivity contribution in [2.24, 2.45) is 0 Å². The molecule has 1 saturated carbocycles. The van der Waals surface area contributed by atoms with Gasteiger partial charge in [0.25, 0.3) is 5.56 Å². The van der Waals surface area contributed by atoms with Crippen molar-refractivity contribution >= 4 is 0 Å². The highest BCUT2D eigenvalue weighted by Gasteiger charge is 2.27. The molecule has 1 heterocycles. The number of nitriles is 1. The minimum absolute atomic E-state index is 0.0499. The summed E-state index contributed by atoms with van der Waals surface area (Å²) in [4.78, 5) is 24.9. The first-order chi connectivity index (χ1) is 11.9. The lowest BCUT2D eigenvalue weighted by molar-refractivity contribution is 0.152. The summed E-state index contributed by atoms with van der Waals surface area (Å²) in [6.45, 7) is 4.00. The Labute approximate surface area is 145 Å². The fourth-order valence-electron chi connectivity index (χ4n) is 2.85. The van der Waals surface area contributed by atoms with E-state index in [4.69, 9.17) is 5.26 Å². The van der Waals surface area contributed by atoms with Gasteiger partial charge in [0.1, 0.15) is 11.6 Å². The minimum Gasteiger partial charge on any atom is -0.387 e. The third-order valence-electron chi connectivity index (χ3n) is 4.60. The number of aromatic nitrogens is 2. The predicted molar refractivity (Wildman–Crippen MR) is 93.4 cm³/mol. The summed E-state index contributed by atoms with van der Waals surface area (Å²) in [6.07, 6.45) is 2.07. The van der Waals surface area contributed by atoms with Gasteiger partial charge >= 0.3 is 5.69 Å². The van der Waals surface area contributed by atoms with Gasteiger partial charge in [0.15, 0.2) is 0 Å². The Morgan fingerprint density at radius 2 is 1.80 bits per heavy atom. The maximum atomic E-state index is 12.6. The van der Waals surface area contributed by atoms with Crippen LogP contribution in [0, 0.1) is 11.3 Å². The van der Waals surface area contributed by atoms with E-state index in [0.29, 0.717) is 11.5 Å². The number of aliphatic hydroxyl groups is 1. The third kappa shape index (κ3) is 3.42. The van der Waals surface area contributed by atoms with Gasteiger partial charge in [-0.25, -0.2) is 4.79 Å². The highest BCUT2D eigenvalue weighted by Crippen LogP contribution is 2.33. The Balaban J connectivity index is 1.94. The summed E-state index contributed by atoms with van der Waals surface area (Å²) in [6, 6.07) is 9.36. The van der Waals surface area contributed by atoms with E-state index in [1.807, 2.05) is 18.2 Å². The third-order valence-corrected chi connectivity index (χ3v) is 4.60. The SMILES string of the molecule is CC(C)c1ccc(C(O)Cn2c(=O)c(C#N)cn(C3CC3)c2=O)cc1. The van der Waals surface area contributed by atoms with Gasteiger partial charge < -0.3 is 5.11 Å². The van der Waals surface area contributed by atoms with Crippen LogP contribution in [0.25, 0.3) is 0 Å². The molecule has 1 aliphatic rings. The Morgan fingerprint density at radius 1 is 1.20 bits per heavy atom. The molecule has 1 N–H and O–H groups in total. The molecule has 0 radical (unpaired) electrons. The van der Waals surface area contributed by atoms with Crippen molar-refractivity contribution in [3.8, 4) is 6.07 Å². The second-order valence-electron chi connectivity index (χ2n) is 6.83. The smallest absolute Gasteiger partial charge is 0.331 e. The van der Waals surface area contributed by atoms with Crippen molar-refractivity contribution in [1.29, 1.82) is 5.26 Å². The number of hydrogen-bond donors (Lipinski definition) is 1. The predicted octanol–water partition coefficient (Wildman–Crippen LogP) is 2.07. The second-order valence-corrected chi connectivity index (χ2v) is 6.83. The van der Waals surface area contributed by atoms with Gasteiger partial charge in [0.05, 0.1) is 12.6 Å². The van der Waals surface area contributed by atoms with Crippen molar-refractivity contribution in [3.63, 3.8) is 0 Å². The summed E-state index contributed by atoms with van der Waals surface area (Å²) < 4.78 is 2.41. The molecule has 1 unspecified atom stereocenters. The Kier molecular flexibility index (Phi) is 4.60. The summed E-state index contributed by atoms with van der Waals surface area (Å²) in [7, 11) is 0. The Bertz CT molecular complexity index is 928. The van der Waals surface area contributed by atoms with Crippen LogP contribution in [0.4, 0.5) is 0 Å². The van der Waals surface area contributed by atoms with Gasteiger partial charge in [-0.1, -0.05) is 38.1 Å². The fourth-order valence-corrected chi connectivity index (χ4v) is 2.85. The zero-order valence-electron chi connectivity index (χ0n) is 14.3. The van der Waals surface area contributed by atoms with E-state index in [0.717, 1.165) is 23.0 Å². The average molecular weight is 339 g/mol. The molecular weight excluding hydrogens is 318 g/mol. The van der Waals surface area contributed by atoms with Crippen molar-refractivity contribution < 1.29 is 5.11 Å². The van der Waals surface area contributed by atoms with Crippen LogP contribution in [0.2, 0.25) is 0 Å². The monoisotopic (exact) mass is 339 g/mol. The van der Waals surface area contributed by atoms with Crippen molar-refractivity contribution in [1.82, 2.24) is 9.13 Å². The van der Waals surface area contributed by atoms with Gasteiger partial charge in [0, 0.05) is 12.2 Å². The molecule has 1 aliphatic carbocycles. The van der Waals surface area contributed by atoms with Crippen LogP contribution in [-0.2, 0) is 6.54 Å². The molecular formula is C19H21N3O3. The van der Waals surface area contributed by atoms with Crippen molar-refractivity contribution in [2.45, 2.75) is 51.3 Å². The molecule has 1 aromatic carbocycles. The lowest BCUT2D eigenvalue weighted by atomic mass is 10.00. The number of nitrogens with zero attached hydrogens (tertiary/aromatic N) is 3. The van der Waals surface area contributed by atoms with Crippen LogP contribution in [0.5, 0.6) is 0 Å². The molecule has 6 heteroatoms. The first-order valence-electron chi connectivity index (χ1n) is 8.46. The van der Waals surface area contributed by atoms with Crippen LogP contribution in [0.15, 0.2) is 40.1 Å². The second kappa shape index (κ2) is 6.69. The van der Waals surface area contributed by atoms with Crippen LogP contribution in [0.3, 0.4) is 0 Å². The molecule has 1 aromatic heterocycles. The maximum Gasteiger partial charge on any atom is 0.331 e. The lowest BCUT2D eigenvalue weighted by Crippen LogP contribution is -2.41. The zero-order valence-corrected chi connectivity index (χ0v) is 14.3. The molecule has 1 fully saturated rings. The van der Waals surface area contributed by atoms with E-state index in [1.54, 1.807) is 12.1 Å². The number of aliphatic hydroxyl groups excluding tert-OH is 1. The number of hydrogen-bond acceptors (Lipinski definition) is 4. The quantitative estimate of drug-likeness (QED) is 0.903. The number of rotatable bonds is 5. The molecule has 130 valence electrons. The van der Waals surface area contributed by atoms with E-state index < -0.39 is 17.4 Å². The molecule has 25 heavy (non-hydrogen) atoms. The normalized spacial score (nSPS) is 15.2. The maximum absolute atomic E-state index is 12.6. The zero-order chi connectivity index (χ0) is 18.1. The topological polar surface area (TPSA) is 88.0 Å². The summed E-state index contributed by atoms with van der Waals surface area (Å²) in [5, 5.41) is 19.6. The first kappa shape index (κ1) is 17.2. The van der Waals surface area contributed by atoms with Crippen LogP contribution < -0.4 is 11.2 Å². The average Bonchev–Trinajstić information content (AvgIpc) is 3.43. The Morgan fingerprint density at radius 3 is 2.32 bits per heavy atom. The summed E-state index contributed by atoms with van der Waals surface area (Å²) >= 11 is 0. The minimum atomic E-state index is -0.992. The van der Waals surface area contributed by atoms with Crippen LogP contribution in [0.1, 0.15) is 61.4 Å². The fraction of sp³-hybridized carbons (Fsp3) is 0.421. The van der Waals surface area contributed by atoms with E-state index >= 15 is 0 Å². The summed E-state index contributed by atoms with van der Waals surface area (Å²) in [5.74, 6) is 0.381. The summed E-state index contributed by atoms with van der Waals surface area (Å²) in [5.41, 5.74) is 0.590. The van der Waals surface area contributed by atoms with Gasteiger partial charge in [-0.05, 0) is 29.9 Å². The van der Waals surface area contributed by atoms with Gasteiger partial charge in [-0.15, -0.1) is 0 Å². The highest BCUT2D eigenvalue weighted by atomic mass is 16.3. The molecule has 0 spiro atoms. The van der Waals surface area contributed by atoms with E-state index in [2.05, 4.69) is 13.8 Å². The largest absolute Gasteiger partial charge is 0.387 e. The molecule has 1 atom stereocenters. The standard InChI is InChI=1S/C19H21N3O3/c1-12(2)13-3-5-14(6-4-13)17(23)11-22-18(24)15(9-20)10-21(19(22)25)16-7-8-16/h3-6,10,12,16-17,23H,7-8,11H2,1-2H3. The van der Waals surface area contributed by atoms with E-state index in [9.17, 15) is 14.7 Å². The Hall–Kier alpha value is -2.65. The molecule has 6 nitrogen and oxygen atoms in total. The van der Waals surface area contributed by atoms with Gasteiger partial charge in [-0.2, -0.15) is 5.26 Å². The molecule has 0 saturated heterocycles. The van der Waals surface area contributed by atoms with Gasteiger partial charge in [0.2, 0.25) is 0 Å². The van der Waals surface area contributed by atoms with Crippen molar-refractivity contribution in [2.75, 3.05) is 0 Å². The van der Waals surface area contributed by atoms with Crippen LogP contribution in [-0.4, -0.2) is 14.2 Å².